The van der Waals surface area contributed by atoms with Gasteiger partial charge in [0.1, 0.15) is 5.82 Å². The molecule has 0 aromatic carbocycles. The van der Waals surface area contributed by atoms with Gasteiger partial charge in [0.25, 0.3) is 0 Å². The molecular formula is C11H13N7O. The van der Waals surface area contributed by atoms with Crippen LogP contribution in [-0.4, -0.2) is 29.8 Å². The van der Waals surface area contributed by atoms with Crippen LogP contribution in [0, 0.1) is 6.92 Å². The predicted octanol–water partition coefficient (Wildman–Crippen LogP) is 0.622. The molecule has 0 saturated carbocycles. The fourth-order valence-corrected chi connectivity index (χ4v) is 1.92. The van der Waals surface area contributed by atoms with Crippen LogP contribution in [0.15, 0.2) is 23.1 Å². The molecule has 0 fully saturated rings. The van der Waals surface area contributed by atoms with Crippen molar-refractivity contribution in [2.24, 2.45) is 0 Å². The van der Waals surface area contributed by atoms with E-state index in [2.05, 4.69) is 30.6 Å². The van der Waals surface area contributed by atoms with Crippen LogP contribution in [0.25, 0.3) is 5.65 Å². The van der Waals surface area contributed by atoms with Gasteiger partial charge in [-0.25, -0.2) is 14.9 Å². The molecule has 3 heterocycles. The van der Waals surface area contributed by atoms with Gasteiger partial charge in [0.15, 0.2) is 11.5 Å². The summed E-state index contributed by atoms with van der Waals surface area (Å²) in [7, 11) is 0. The Labute approximate surface area is 107 Å². The second-order valence-electron chi connectivity index (χ2n) is 4.31. The van der Waals surface area contributed by atoms with Gasteiger partial charge in [-0.3, -0.25) is 4.98 Å². The first-order valence-electron chi connectivity index (χ1n) is 5.86. The Kier molecular flexibility index (Phi) is 2.55. The summed E-state index contributed by atoms with van der Waals surface area (Å²) < 4.78 is 1.70. The summed E-state index contributed by atoms with van der Waals surface area (Å²) in [5.41, 5.74) is 1.34. The first kappa shape index (κ1) is 11.5. The Bertz CT molecular complexity index is 769. The van der Waals surface area contributed by atoms with Crippen molar-refractivity contribution in [2.75, 3.05) is 5.32 Å². The van der Waals surface area contributed by atoms with Crippen molar-refractivity contribution < 1.29 is 0 Å². The van der Waals surface area contributed by atoms with E-state index in [4.69, 9.17) is 0 Å². The van der Waals surface area contributed by atoms with Crippen LogP contribution in [-0.2, 0) is 0 Å². The average Bonchev–Trinajstić information content (AvgIpc) is 2.97. The molecular weight excluding hydrogens is 246 g/mol. The van der Waals surface area contributed by atoms with Crippen LogP contribution < -0.4 is 11.0 Å². The van der Waals surface area contributed by atoms with E-state index in [0.717, 1.165) is 17.2 Å². The number of aryl methyl sites for hydroxylation is 1. The molecule has 98 valence electrons. The highest BCUT2D eigenvalue weighted by Crippen LogP contribution is 2.17. The van der Waals surface area contributed by atoms with Crippen molar-refractivity contribution in [3.05, 3.63) is 40.3 Å². The van der Waals surface area contributed by atoms with E-state index in [1.165, 1.54) is 0 Å². The van der Waals surface area contributed by atoms with Crippen LogP contribution in [0.3, 0.4) is 0 Å². The molecule has 8 nitrogen and oxygen atoms in total. The zero-order valence-electron chi connectivity index (χ0n) is 10.5. The average molecular weight is 259 g/mol. The summed E-state index contributed by atoms with van der Waals surface area (Å²) in [4.78, 5) is 18.0. The molecule has 8 heteroatoms. The van der Waals surface area contributed by atoms with E-state index in [1.807, 2.05) is 26.0 Å². The highest BCUT2D eigenvalue weighted by atomic mass is 16.1. The molecule has 3 rings (SSSR count). The van der Waals surface area contributed by atoms with Crippen LogP contribution in [0.2, 0.25) is 0 Å². The molecule has 0 aliphatic heterocycles. The lowest BCUT2D eigenvalue weighted by Crippen LogP contribution is -2.13. The van der Waals surface area contributed by atoms with Gasteiger partial charge in [-0.2, -0.15) is 14.7 Å². The van der Waals surface area contributed by atoms with E-state index in [-0.39, 0.29) is 11.7 Å². The van der Waals surface area contributed by atoms with E-state index < -0.39 is 0 Å². The second-order valence-corrected chi connectivity index (χ2v) is 4.31. The van der Waals surface area contributed by atoms with E-state index in [0.29, 0.717) is 5.82 Å². The summed E-state index contributed by atoms with van der Waals surface area (Å²) in [6.07, 6.45) is 1.69. The summed E-state index contributed by atoms with van der Waals surface area (Å²) in [6.45, 7) is 3.82. The molecule has 3 aromatic heterocycles. The van der Waals surface area contributed by atoms with Crippen LogP contribution in [0.4, 0.5) is 5.82 Å². The van der Waals surface area contributed by atoms with Crippen molar-refractivity contribution in [3.8, 4) is 0 Å². The maximum Gasteiger partial charge on any atom is 0.340 e. The minimum absolute atomic E-state index is 0.159. The molecule has 0 aliphatic rings. The summed E-state index contributed by atoms with van der Waals surface area (Å²) in [6, 6.07) is 3.56. The van der Waals surface area contributed by atoms with Gasteiger partial charge in [0, 0.05) is 17.8 Å². The lowest BCUT2D eigenvalue weighted by atomic mass is 10.3. The molecule has 0 spiro atoms. The Hall–Kier alpha value is -2.64. The third-order valence-electron chi connectivity index (χ3n) is 2.78. The van der Waals surface area contributed by atoms with Crippen molar-refractivity contribution in [1.29, 1.82) is 0 Å². The summed E-state index contributed by atoms with van der Waals surface area (Å²) in [5.74, 6) is 1.34. The number of anilines is 1. The summed E-state index contributed by atoms with van der Waals surface area (Å²) >= 11 is 0. The van der Waals surface area contributed by atoms with Gasteiger partial charge in [-0.05, 0) is 13.8 Å². The van der Waals surface area contributed by atoms with Gasteiger partial charge < -0.3 is 5.32 Å². The smallest absolute Gasteiger partial charge is 0.340 e. The minimum Gasteiger partial charge on any atom is -0.360 e. The molecule has 0 aliphatic carbocycles. The number of hydrogen-bond acceptors (Lipinski definition) is 5. The third-order valence-corrected chi connectivity index (χ3v) is 2.78. The summed E-state index contributed by atoms with van der Waals surface area (Å²) in [5, 5.41) is 13.7. The van der Waals surface area contributed by atoms with Crippen LogP contribution >= 0.6 is 0 Å². The third kappa shape index (κ3) is 2.07. The van der Waals surface area contributed by atoms with Crippen LogP contribution in [0.1, 0.15) is 24.5 Å². The zero-order valence-corrected chi connectivity index (χ0v) is 10.5. The Morgan fingerprint density at radius 1 is 1.47 bits per heavy atom. The van der Waals surface area contributed by atoms with E-state index in [9.17, 15) is 4.79 Å². The standard InChI is InChI=1S/C11H13N7O/c1-6-5-9(18-8(13-6)3-4-12-18)14-7(2)10-15-11(19)17-16-10/h3-5,7,14H,1-2H3,(H2,15,16,17,19)/t7-/m0/s1. The lowest BCUT2D eigenvalue weighted by molar-refractivity contribution is 0.775. The van der Waals surface area contributed by atoms with Crippen molar-refractivity contribution in [3.63, 3.8) is 0 Å². The zero-order chi connectivity index (χ0) is 13.4. The molecule has 0 radical (unpaired) electrons. The molecule has 19 heavy (non-hydrogen) atoms. The molecule has 1 atom stereocenters. The highest BCUT2D eigenvalue weighted by Gasteiger charge is 2.12. The number of hydrogen-bond donors (Lipinski definition) is 3. The maximum atomic E-state index is 11.0. The number of aromatic amines is 2. The van der Waals surface area contributed by atoms with Gasteiger partial charge in [-0.1, -0.05) is 0 Å². The minimum atomic E-state index is -0.321. The van der Waals surface area contributed by atoms with Gasteiger partial charge in [0.05, 0.1) is 12.2 Å². The fraction of sp³-hybridized carbons (Fsp3) is 0.273. The van der Waals surface area contributed by atoms with Gasteiger partial charge in [-0.15, -0.1) is 0 Å². The van der Waals surface area contributed by atoms with Gasteiger partial charge in [0.2, 0.25) is 0 Å². The molecule has 3 N–H and O–H groups in total. The van der Waals surface area contributed by atoms with Crippen LogP contribution in [0.5, 0.6) is 0 Å². The van der Waals surface area contributed by atoms with E-state index >= 15 is 0 Å². The first-order chi connectivity index (χ1) is 9.13. The normalized spacial score (nSPS) is 12.7. The Morgan fingerprint density at radius 2 is 2.32 bits per heavy atom. The lowest BCUT2D eigenvalue weighted by Gasteiger charge is -2.13. The molecule has 0 bridgehead atoms. The van der Waals surface area contributed by atoms with Crippen molar-refractivity contribution in [2.45, 2.75) is 19.9 Å². The van der Waals surface area contributed by atoms with E-state index in [1.54, 1.807) is 10.7 Å². The SMILES string of the molecule is Cc1cc(N[C@@H](C)c2n[nH]c(=O)[nH]2)n2nccc2n1. The monoisotopic (exact) mass is 259 g/mol. The topological polar surface area (TPSA) is 104 Å². The number of H-pyrrole nitrogens is 2. The quantitative estimate of drug-likeness (QED) is 0.639. The molecule has 0 saturated heterocycles. The van der Waals surface area contributed by atoms with Crippen molar-refractivity contribution >= 4 is 11.5 Å². The number of rotatable bonds is 3. The molecule has 0 unspecified atom stereocenters. The second kappa shape index (κ2) is 4.23. The number of aromatic nitrogens is 6. The Balaban J connectivity index is 1.96. The highest BCUT2D eigenvalue weighted by molar-refractivity contribution is 5.49. The fourth-order valence-electron chi connectivity index (χ4n) is 1.92. The molecule has 3 aromatic rings. The maximum absolute atomic E-state index is 11.0. The molecule has 0 amide bonds. The van der Waals surface area contributed by atoms with Gasteiger partial charge >= 0.3 is 5.69 Å². The number of nitrogens with one attached hydrogen (secondary N) is 3. The first-order valence-corrected chi connectivity index (χ1v) is 5.86. The number of fused-ring (bicyclic) bond motifs is 1. The predicted molar refractivity (Wildman–Crippen MR) is 69.0 cm³/mol. The largest absolute Gasteiger partial charge is 0.360 e. The van der Waals surface area contributed by atoms with Crippen molar-refractivity contribution in [1.82, 2.24) is 29.8 Å². The Morgan fingerprint density at radius 3 is 3.05 bits per heavy atom. The number of nitrogens with zero attached hydrogens (tertiary/aromatic N) is 4.